The first-order chi connectivity index (χ1) is 12.1. The molecule has 1 aliphatic heterocycles. The fourth-order valence-electron chi connectivity index (χ4n) is 3.48. The van der Waals surface area contributed by atoms with Crippen LogP contribution in [0.1, 0.15) is 38.0 Å². The normalized spacial score (nSPS) is 19.5. The predicted molar refractivity (Wildman–Crippen MR) is 84.6 cm³/mol. The SMILES string of the molecule is O=C1NC2(CCCCC2)C(=O)N1Cc1nc(-c2ccc(F)cc2)no1. The molecule has 2 aliphatic rings. The molecule has 8 heteroatoms. The van der Waals surface area contributed by atoms with Gasteiger partial charge in [-0.3, -0.25) is 9.69 Å². The molecule has 1 aliphatic carbocycles. The Kier molecular flexibility index (Phi) is 3.74. The van der Waals surface area contributed by atoms with E-state index < -0.39 is 11.6 Å². The Balaban J connectivity index is 1.51. The molecule has 2 aromatic rings. The zero-order valence-corrected chi connectivity index (χ0v) is 13.5. The summed E-state index contributed by atoms with van der Waals surface area (Å²) in [5.74, 6) is -0.131. The minimum absolute atomic E-state index is 0.0688. The Morgan fingerprint density at radius 1 is 1.16 bits per heavy atom. The van der Waals surface area contributed by atoms with E-state index in [0.717, 1.165) is 24.2 Å². The van der Waals surface area contributed by atoms with E-state index in [4.69, 9.17) is 4.52 Å². The van der Waals surface area contributed by atoms with Gasteiger partial charge in [-0.15, -0.1) is 0 Å². The van der Waals surface area contributed by atoms with Crippen molar-refractivity contribution in [3.05, 3.63) is 36.0 Å². The van der Waals surface area contributed by atoms with Crippen molar-refractivity contribution in [2.24, 2.45) is 0 Å². The van der Waals surface area contributed by atoms with Gasteiger partial charge in [0.1, 0.15) is 17.9 Å². The number of carbonyl (C=O) groups excluding carboxylic acids is 2. The van der Waals surface area contributed by atoms with Crippen LogP contribution in [-0.4, -0.2) is 32.5 Å². The molecule has 1 saturated heterocycles. The van der Waals surface area contributed by atoms with Gasteiger partial charge in [-0.2, -0.15) is 4.98 Å². The summed E-state index contributed by atoms with van der Waals surface area (Å²) in [5, 5.41) is 6.67. The van der Waals surface area contributed by atoms with Crippen molar-refractivity contribution in [2.45, 2.75) is 44.2 Å². The average Bonchev–Trinajstić information content (AvgIpc) is 3.16. The molecule has 2 heterocycles. The van der Waals surface area contributed by atoms with Crippen LogP contribution in [0.15, 0.2) is 28.8 Å². The minimum atomic E-state index is -0.769. The molecule has 7 nitrogen and oxygen atoms in total. The molecule has 1 aromatic carbocycles. The number of urea groups is 1. The van der Waals surface area contributed by atoms with E-state index in [1.165, 1.54) is 24.3 Å². The molecule has 1 aromatic heterocycles. The summed E-state index contributed by atoms with van der Waals surface area (Å²) in [7, 11) is 0. The van der Waals surface area contributed by atoms with Crippen LogP contribution in [0.3, 0.4) is 0 Å². The van der Waals surface area contributed by atoms with Gasteiger partial charge in [0.05, 0.1) is 0 Å². The van der Waals surface area contributed by atoms with E-state index in [9.17, 15) is 14.0 Å². The lowest BCUT2D eigenvalue weighted by atomic mass is 9.82. The third-order valence-electron chi connectivity index (χ3n) is 4.82. The highest BCUT2D eigenvalue weighted by atomic mass is 19.1. The number of hydrogen-bond donors (Lipinski definition) is 1. The summed E-state index contributed by atoms with van der Waals surface area (Å²) in [6.07, 6.45) is 4.26. The smallest absolute Gasteiger partial charge is 0.325 e. The number of benzene rings is 1. The first-order valence-corrected chi connectivity index (χ1v) is 8.30. The van der Waals surface area contributed by atoms with E-state index in [0.29, 0.717) is 18.4 Å². The summed E-state index contributed by atoms with van der Waals surface area (Å²) in [6, 6.07) is 5.25. The molecule has 0 atom stereocenters. The lowest BCUT2D eigenvalue weighted by Gasteiger charge is -2.30. The molecule has 25 heavy (non-hydrogen) atoms. The molecule has 1 spiro atoms. The largest absolute Gasteiger partial charge is 0.337 e. The summed E-state index contributed by atoms with van der Waals surface area (Å²) in [5.41, 5.74) is -0.174. The Labute approximate surface area is 143 Å². The first-order valence-electron chi connectivity index (χ1n) is 8.30. The maximum Gasteiger partial charge on any atom is 0.325 e. The molecular weight excluding hydrogens is 327 g/mol. The lowest BCUT2D eigenvalue weighted by Crippen LogP contribution is -2.48. The standard InChI is InChI=1S/C17H17FN4O3/c18-12-6-4-11(5-7-12)14-19-13(25-21-14)10-22-15(23)17(20-16(22)24)8-2-1-3-9-17/h4-7H,1-3,8-10H2,(H,20,24). The van der Waals surface area contributed by atoms with Crippen molar-refractivity contribution in [3.8, 4) is 11.4 Å². The number of hydrogen-bond acceptors (Lipinski definition) is 5. The number of amides is 3. The van der Waals surface area contributed by atoms with Crippen LogP contribution in [0.4, 0.5) is 9.18 Å². The van der Waals surface area contributed by atoms with Gasteiger partial charge in [0.15, 0.2) is 0 Å². The molecule has 4 rings (SSSR count). The van der Waals surface area contributed by atoms with E-state index in [1.54, 1.807) is 0 Å². The number of imide groups is 1. The Morgan fingerprint density at radius 2 is 1.88 bits per heavy atom. The number of halogens is 1. The van der Waals surface area contributed by atoms with Crippen LogP contribution in [0.5, 0.6) is 0 Å². The van der Waals surface area contributed by atoms with E-state index in [2.05, 4.69) is 15.5 Å². The van der Waals surface area contributed by atoms with E-state index >= 15 is 0 Å². The van der Waals surface area contributed by atoms with Gasteiger partial charge < -0.3 is 9.84 Å². The van der Waals surface area contributed by atoms with Crippen LogP contribution in [-0.2, 0) is 11.3 Å². The van der Waals surface area contributed by atoms with Gasteiger partial charge in [-0.25, -0.2) is 9.18 Å². The maximum absolute atomic E-state index is 13.0. The van der Waals surface area contributed by atoms with Crippen LogP contribution in [0.25, 0.3) is 11.4 Å². The summed E-state index contributed by atoms with van der Waals surface area (Å²) in [6.45, 7) is -0.0688. The zero-order chi connectivity index (χ0) is 17.4. The van der Waals surface area contributed by atoms with Crippen molar-refractivity contribution in [1.82, 2.24) is 20.4 Å². The molecule has 1 saturated carbocycles. The quantitative estimate of drug-likeness (QED) is 0.865. The fourth-order valence-corrected chi connectivity index (χ4v) is 3.48. The van der Waals surface area contributed by atoms with Crippen LogP contribution >= 0.6 is 0 Å². The van der Waals surface area contributed by atoms with Crippen molar-refractivity contribution in [3.63, 3.8) is 0 Å². The van der Waals surface area contributed by atoms with Gasteiger partial charge in [0.2, 0.25) is 11.7 Å². The van der Waals surface area contributed by atoms with Crippen molar-refractivity contribution < 1.29 is 18.5 Å². The third kappa shape index (κ3) is 2.77. The highest BCUT2D eigenvalue weighted by molar-refractivity contribution is 6.06. The van der Waals surface area contributed by atoms with Crippen LogP contribution < -0.4 is 5.32 Å². The monoisotopic (exact) mass is 344 g/mol. The molecule has 0 radical (unpaired) electrons. The lowest BCUT2D eigenvalue weighted by molar-refractivity contribution is -0.133. The molecule has 2 fully saturated rings. The van der Waals surface area contributed by atoms with Gasteiger partial charge >= 0.3 is 6.03 Å². The van der Waals surface area contributed by atoms with Gasteiger partial charge in [-0.1, -0.05) is 24.4 Å². The Morgan fingerprint density at radius 3 is 2.60 bits per heavy atom. The molecule has 0 unspecified atom stereocenters. The second kappa shape index (κ2) is 5.94. The van der Waals surface area contributed by atoms with Crippen molar-refractivity contribution >= 4 is 11.9 Å². The molecule has 1 N–H and O–H groups in total. The van der Waals surface area contributed by atoms with Gasteiger partial charge in [-0.05, 0) is 37.1 Å². The molecule has 3 amide bonds. The molecular formula is C17H17FN4O3. The number of carbonyl (C=O) groups is 2. The second-order valence-electron chi connectivity index (χ2n) is 6.48. The third-order valence-corrected chi connectivity index (χ3v) is 4.82. The summed E-state index contributed by atoms with van der Waals surface area (Å²) < 4.78 is 18.1. The zero-order valence-electron chi connectivity index (χ0n) is 13.5. The van der Waals surface area contributed by atoms with Gasteiger partial charge in [0, 0.05) is 5.56 Å². The van der Waals surface area contributed by atoms with Gasteiger partial charge in [0.25, 0.3) is 5.91 Å². The van der Waals surface area contributed by atoms with Crippen LogP contribution in [0, 0.1) is 5.82 Å². The second-order valence-corrected chi connectivity index (χ2v) is 6.48. The van der Waals surface area contributed by atoms with E-state index in [1.807, 2.05) is 0 Å². The predicted octanol–water partition coefficient (Wildman–Crippen LogP) is 2.63. The Bertz CT molecular complexity index is 812. The topological polar surface area (TPSA) is 88.3 Å². The first kappa shape index (κ1) is 15.7. The van der Waals surface area contributed by atoms with Crippen LogP contribution in [0.2, 0.25) is 0 Å². The number of nitrogens with one attached hydrogen (secondary N) is 1. The highest BCUT2D eigenvalue weighted by Gasteiger charge is 2.51. The highest BCUT2D eigenvalue weighted by Crippen LogP contribution is 2.34. The fraction of sp³-hybridized carbons (Fsp3) is 0.412. The van der Waals surface area contributed by atoms with E-state index in [-0.39, 0.29) is 30.0 Å². The summed E-state index contributed by atoms with van der Waals surface area (Å²) in [4.78, 5) is 30.3. The minimum Gasteiger partial charge on any atom is -0.337 e. The number of rotatable bonds is 3. The van der Waals surface area contributed by atoms with Crippen molar-refractivity contribution in [2.75, 3.05) is 0 Å². The molecule has 130 valence electrons. The Hall–Kier alpha value is -2.77. The molecule has 0 bridgehead atoms. The number of aromatic nitrogens is 2. The van der Waals surface area contributed by atoms with Crippen molar-refractivity contribution in [1.29, 1.82) is 0 Å². The number of nitrogens with zero attached hydrogens (tertiary/aromatic N) is 3. The maximum atomic E-state index is 13.0. The average molecular weight is 344 g/mol. The summed E-state index contributed by atoms with van der Waals surface area (Å²) >= 11 is 0.